The van der Waals surface area contributed by atoms with Crippen LogP contribution in [0.5, 0.6) is 0 Å². The Hall–Kier alpha value is -0.570. The molecule has 3 heteroatoms. The fraction of sp³-hybridized carbons (Fsp3) is 0.917. The van der Waals surface area contributed by atoms with Crippen LogP contribution in [0.3, 0.4) is 0 Å². The van der Waals surface area contributed by atoms with Crippen molar-refractivity contribution >= 4 is 5.97 Å². The number of rotatable bonds is 6. The van der Waals surface area contributed by atoms with Crippen molar-refractivity contribution in [2.75, 3.05) is 6.61 Å². The summed E-state index contributed by atoms with van der Waals surface area (Å²) in [6.45, 7) is 10.1. The van der Waals surface area contributed by atoms with E-state index < -0.39 is 11.7 Å². The SMILES string of the molecule is CCCCC(OCC)C(=O)OC(C)(C)C. The number of ether oxygens (including phenoxy) is 2. The van der Waals surface area contributed by atoms with Crippen LogP contribution in [-0.2, 0) is 14.3 Å². The van der Waals surface area contributed by atoms with Crippen molar-refractivity contribution in [3.63, 3.8) is 0 Å². The quantitative estimate of drug-likeness (QED) is 0.640. The van der Waals surface area contributed by atoms with Crippen molar-refractivity contribution in [3.05, 3.63) is 0 Å². The molecule has 0 aliphatic heterocycles. The molecule has 0 aromatic carbocycles. The number of carbonyl (C=O) groups excluding carboxylic acids is 1. The molecule has 0 aromatic heterocycles. The molecule has 1 unspecified atom stereocenters. The molecule has 0 N–H and O–H groups in total. The molecule has 0 bridgehead atoms. The average Bonchev–Trinajstić information content (AvgIpc) is 2.09. The van der Waals surface area contributed by atoms with Gasteiger partial charge in [-0.2, -0.15) is 0 Å². The van der Waals surface area contributed by atoms with Gasteiger partial charge in [0.1, 0.15) is 5.60 Å². The number of hydrogen-bond donors (Lipinski definition) is 0. The van der Waals surface area contributed by atoms with Crippen molar-refractivity contribution < 1.29 is 14.3 Å². The summed E-state index contributed by atoms with van der Waals surface area (Å²) in [6.07, 6.45) is 2.41. The molecule has 0 saturated carbocycles. The molecule has 0 aliphatic carbocycles. The zero-order valence-corrected chi connectivity index (χ0v) is 10.6. The summed E-state index contributed by atoms with van der Waals surface area (Å²) in [5, 5.41) is 0. The second-order valence-corrected chi connectivity index (χ2v) is 4.62. The number of carbonyl (C=O) groups is 1. The molecule has 15 heavy (non-hydrogen) atoms. The topological polar surface area (TPSA) is 35.5 Å². The van der Waals surface area contributed by atoms with E-state index in [-0.39, 0.29) is 5.97 Å². The van der Waals surface area contributed by atoms with E-state index in [0.717, 1.165) is 19.3 Å². The normalized spacial score (nSPS) is 13.7. The Morgan fingerprint density at radius 2 is 1.87 bits per heavy atom. The summed E-state index contributed by atoms with van der Waals surface area (Å²) in [6, 6.07) is 0. The summed E-state index contributed by atoms with van der Waals surface area (Å²) in [5.74, 6) is -0.238. The summed E-state index contributed by atoms with van der Waals surface area (Å²) >= 11 is 0. The maximum Gasteiger partial charge on any atom is 0.335 e. The molecule has 0 saturated heterocycles. The Morgan fingerprint density at radius 3 is 2.27 bits per heavy atom. The Bertz CT molecular complexity index is 182. The number of esters is 1. The van der Waals surface area contributed by atoms with E-state index in [1.165, 1.54) is 0 Å². The minimum atomic E-state index is -0.432. The fourth-order valence-electron chi connectivity index (χ4n) is 1.23. The molecule has 0 aromatic rings. The maximum atomic E-state index is 11.7. The lowest BCUT2D eigenvalue weighted by Gasteiger charge is -2.23. The Labute approximate surface area is 93.1 Å². The molecule has 1 atom stereocenters. The Morgan fingerprint density at radius 1 is 1.27 bits per heavy atom. The molecular formula is C12H24O3. The first kappa shape index (κ1) is 14.4. The van der Waals surface area contributed by atoms with E-state index in [2.05, 4.69) is 6.92 Å². The van der Waals surface area contributed by atoms with Gasteiger partial charge >= 0.3 is 5.97 Å². The molecule has 0 radical (unpaired) electrons. The predicted octanol–water partition coefficient (Wildman–Crippen LogP) is 2.92. The molecule has 3 nitrogen and oxygen atoms in total. The highest BCUT2D eigenvalue weighted by Crippen LogP contribution is 2.13. The zero-order chi connectivity index (χ0) is 11.9. The van der Waals surface area contributed by atoms with Gasteiger partial charge in [-0.25, -0.2) is 4.79 Å². The highest BCUT2D eigenvalue weighted by molar-refractivity contribution is 5.75. The minimum Gasteiger partial charge on any atom is -0.458 e. The van der Waals surface area contributed by atoms with Gasteiger partial charge in [0.15, 0.2) is 6.10 Å². The van der Waals surface area contributed by atoms with Crippen LogP contribution in [0.4, 0.5) is 0 Å². The highest BCUT2D eigenvalue weighted by atomic mass is 16.6. The van der Waals surface area contributed by atoms with E-state index in [4.69, 9.17) is 9.47 Å². The lowest BCUT2D eigenvalue weighted by atomic mass is 10.1. The first-order chi connectivity index (χ1) is 6.90. The summed E-state index contributed by atoms with van der Waals surface area (Å²) in [5.41, 5.74) is -0.432. The lowest BCUT2D eigenvalue weighted by molar-refractivity contribution is -0.168. The van der Waals surface area contributed by atoms with Gasteiger partial charge < -0.3 is 9.47 Å². The molecule has 0 rings (SSSR count). The third-order valence-electron chi connectivity index (χ3n) is 1.86. The van der Waals surface area contributed by atoms with Crippen LogP contribution >= 0.6 is 0 Å². The number of hydrogen-bond acceptors (Lipinski definition) is 3. The third kappa shape index (κ3) is 7.37. The molecular weight excluding hydrogens is 192 g/mol. The molecule has 0 heterocycles. The molecule has 90 valence electrons. The van der Waals surface area contributed by atoms with Gasteiger partial charge in [-0.3, -0.25) is 0 Å². The second kappa shape index (κ2) is 6.83. The Kier molecular flexibility index (Phi) is 6.57. The highest BCUT2D eigenvalue weighted by Gasteiger charge is 2.24. The minimum absolute atomic E-state index is 0.238. The first-order valence-electron chi connectivity index (χ1n) is 5.75. The van der Waals surface area contributed by atoms with E-state index in [9.17, 15) is 4.79 Å². The van der Waals surface area contributed by atoms with Crippen molar-refractivity contribution in [2.24, 2.45) is 0 Å². The summed E-state index contributed by atoms with van der Waals surface area (Å²) in [4.78, 5) is 11.7. The van der Waals surface area contributed by atoms with Crippen molar-refractivity contribution in [2.45, 2.75) is 65.6 Å². The smallest absolute Gasteiger partial charge is 0.335 e. The van der Waals surface area contributed by atoms with Crippen LogP contribution in [0.2, 0.25) is 0 Å². The van der Waals surface area contributed by atoms with Gasteiger partial charge in [0, 0.05) is 6.61 Å². The van der Waals surface area contributed by atoms with Crippen LogP contribution in [0.25, 0.3) is 0 Å². The summed E-state index contributed by atoms with van der Waals surface area (Å²) in [7, 11) is 0. The predicted molar refractivity (Wildman–Crippen MR) is 60.8 cm³/mol. The van der Waals surface area contributed by atoms with Crippen LogP contribution in [0, 0.1) is 0 Å². The van der Waals surface area contributed by atoms with Gasteiger partial charge in [-0.1, -0.05) is 19.8 Å². The van der Waals surface area contributed by atoms with E-state index >= 15 is 0 Å². The van der Waals surface area contributed by atoms with Gasteiger partial charge in [-0.05, 0) is 34.1 Å². The van der Waals surface area contributed by atoms with Gasteiger partial charge in [0.25, 0.3) is 0 Å². The van der Waals surface area contributed by atoms with E-state index in [0.29, 0.717) is 6.61 Å². The van der Waals surface area contributed by atoms with Crippen molar-refractivity contribution in [3.8, 4) is 0 Å². The van der Waals surface area contributed by atoms with Crippen LogP contribution < -0.4 is 0 Å². The largest absolute Gasteiger partial charge is 0.458 e. The lowest BCUT2D eigenvalue weighted by Crippen LogP contribution is -2.33. The fourth-order valence-corrected chi connectivity index (χ4v) is 1.23. The molecule has 0 spiro atoms. The third-order valence-corrected chi connectivity index (χ3v) is 1.86. The van der Waals surface area contributed by atoms with E-state index in [1.807, 2.05) is 27.7 Å². The monoisotopic (exact) mass is 216 g/mol. The van der Waals surface area contributed by atoms with Gasteiger partial charge in [-0.15, -0.1) is 0 Å². The van der Waals surface area contributed by atoms with Crippen molar-refractivity contribution in [1.29, 1.82) is 0 Å². The standard InChI is InChI=1S/C12H24O3/c1-6-8-9-10(14-7-2)11(13)15-12(3,4)5/h10H,6-9H2,1-5H3. The van der Waals surface area contributed by atoms with Gasteiger partial charge in [0.2, 0.25) is 0 Å². The van der Waals surface area contributed by atoms with Crippen molar-refractivity contribution in [1.82, 2.24) is 0 Å². The zero-order valence-electron chi connectivity index (χ0n) is 10.6. The maximum absolute atomic E-state index is 11.7. The number of unbranched alkanes of at least 4 members (excludes halogenated alkanes) is 1. The summed E-state index contributed by atoms with van der Waals surface area (Å²) < 4.78 is 10.7. The van der Waals surface area contributed by atoms with E-state index in [1.54, 1.807) is 0 Å². The van der Waals surface area contributed by atoms with Crippen LogP contribution in [0.15, 0.2) is 0 Å². The Balaban J connectivity index is 4.15. The molecule has 0 fully saturated rings. The average molecular weight is 216 g/mol. The van der Waals surface area contributed by atoms with Crippen LogP contribution in [0.1, 0.15) is 53.9 Å². The second-order valence-electron chi connectivity index (χ2n) is 4.62. The van der Waals surface area contributed by atoms with Crippen LogP contribution in [-0.4, -0.2) is 24.3 Å². The molecule has 0 amide bonds. The first-order valence-corrected chi connectivity index (χ1v) is 5.75. The van der Waals surface area contributed by atoms with Gasteiger partial charge in [0.05, 0.1) is 0 Å². The molecule has 0 aliphatic rings.